The zero-order valence-corrected chi connectivity index (χ0v) is 10.5. The lowest BCUT2D eigenvalue weighted by Crippen LogP contribution is -2.44. The lowest BCUT2D eigenvalue weighted by molar-refractivity contribution is -0.138. The van der Waals surface area contributed by atoms with Crippen LogP contribution >= 0.6 is 0 Å². The van der Waals surface area contributed by atoms with E-state index in [1.165, 1.54) is 0 Å². The number of hydrogen-bond acceptors (Lipinski definition) is 3. The molecule has 1 amide bonds. The van der Waals surface area contributed by atoms with E-state index >= 15 is 0 Å². The summed E-state index contributed by atoms with van der Waals surface area (Å²) in [6.45, 7) is 3.44. The van der Waals surface area contributed by atoms with Gasteiger partial charge in [-0.25, -0.2) is 0 Å². The second kappa shape index (κ2) is 6.64. The van der Waals surface area contributed by atoms with E-state index in [-0.39, 0.29) is 18.4 Å². The van der Waals surface area contributed by atoms with E-state index in [9.17, 15) is 9.59 Å². The molecular formula is C13H18N2O3. The molecular weight excluding hydrogens is 232 g/mol. The van der Waals surface area contributed by atoms with Crippen LogP contribution in [0.4, 0.5) is 5.69 Å². The standard InChI is InChI=1S/C13H18N2O3/c1-9(2)12(13(18)14-8-11(16)17)15-10-6-4-3-5-7-10/h3-7,9,12,15H,8H2,1-2H3,(H,14,18)(H,16,17)/t12-/m0/s1. The molecule has 0 unspecified atom stereocenters. The number of carbonyl (C=O) groups is 2. The summed E-state index contributed by atoms with van der Waals surface area (Å²) < 4.78 is 0. The molecule has 1 atom stereocenters. The minimum Gasteiger partial charge on any atom is -0.480 e. The molecule has 5 nitrogen and oxygen atoms in total. The van der Waals surface area contributed by atoms with Crippen LogP contribution in [0, 0.1) is 5.92 Å². The third-order valence-corrected chi connectivity index (χ3v) is 2.46. The first-order chi connectivity index (χ1) is 8.50. The number of aliphatic carboxylic acids is 1. The SMILES string of the molecule is CC(C)[C@H](Nc1ccccc1)C(=O)NCC(=O)O. The number of nitrogens with one attached hydrogen (secondary N) is 2. The van der Waals surface area contributed by atoms with Gasteiger partial charge < -0.3 is 15.7 Å². The number of hydrogen-bond donors (Lipinski definition) is 3. The monoisotopic (exact) mass is 250 g/mol. The fourth-order valence-corrected chi connectivity index (χ4v) is 1.52. The topological polar surface area (TPSA) is 78.4 Å². The van der Waals surface area contributed by atoms with Crippen LogP contribution in [0.3, 0.4) is 0 Å². The number of benzene rings is 1. The van der Waals surface area contributed by atoms with Crippen LogP contribution in [0.5, 0.6) is 0 Å². The molecule has 3 N–H and O–H groups in total. The number of rotatable bonds is 6. The fraction of sp³-hybridized carbons (Fsp3) is 0.385. The third kappa shape index (κ3) is 4.45. The molecule has 0 aromatic heterocycles. The minimum absolute atomic E-state index is 0.0546. The first-order valence-corrected chi connectivity index (χ1v) is 5.82. The molecule has 1 rings (SSSR count). The van der Waals surface area contributed by atoms with E-state index in [1.54, 1.807) is 0 Å². The van der Waals surface area contributed by atoms with Crippen molar-refractivity contribution in [2.45, 2.75) is 19.9 Å². The third-order valence-electron chi connectivity index (χ3n) is 2.46. The second-order valence-electron chi connectivity index (χ2n) is 4.34. The van der Waals surface area contributed by atoms with Crippen LogP contribution in [0.15, 0.2) is 30.3 Å². The highest BCUT2D eigenvalue weighted by Crippen LogP contribution is 2.12. The van der Waals surface area contributed by atoms with Gasteiger partial charge in [-0.2, -0.15) is 0 Å². The maximum absolute atomic E-state index is 11.9. The van der Waals surface area contributed by atoms with Gasteiger partial charge in [0.2, 0.25) is 5.91 Å². The van der Waals surface area contributed by atoms with Gasteiger partial charge in [-0.05, 0) is 18.1 Å². The average molecular weight is 250 g/mol. The maximum Gasteiger partial charge on any atom is 0.322 e. The van der Waals surface area contributed by atoms with Gasteiger partial charge in [0, 0.05) is 5.69 Å². The summed E-state index contributed by atoms with van der Waals surface area (Å²) in [6, 6.07) is 8.90. The van der Waals surface area contributed by atoms with Crippen LogP contribution in [-0.2, 0) is 9.59 Å². The second-order valence-corrected chi connectivity index (χ2v) is 4.34. The number of para-hydroxylation sites is 1. The highest BCUT2D eigenvalue weighted by Gasteiger charge is 2.22. The summed E-state index contributed by atoms with van der Waals surface area (Å²) in [5.74, 6) is -1.30. The van der Waals surface area contributed by atoms with Gasteiger partial charge in [-0.3, -0.25) is 9.59 Å². The molecule has 0 aliphatic carbocycles. The summed E-state index contributed by atoms with van der Waals surface area (Å²) >= 11 is 0. The largest absolute Gasteiger partial charge is 0.480 e. The van der Waals surface area contributed by atoms with E-state index in [4.69, 9.17) is 5.11 Å². The Kier molecular flexibility index (Phi) is 5.17. The van der Waals surface area contributed by atoms with Gasteiger partial charge in [0.25, 0.3) is 0 Å². The van der Waals surface area contributed by atoms with Crippen molar-refractivity contribution in [2.24, 2.45) is 5.92 Å². The number of carboxylic acid groups (broad SMARTS) is 1. The number of anilines is 1. The summed E-state index contributed by atoms with van der Waals surface area (Å²) in [5, 5.41) is 14.0. The van der Waals surface area contributed by atoms with E-state index in [1.807, 2.05) is 44.2 Å². The Morgan fingerprint density at radius 3 is 2.33 bits per heavy atom. The molecule has 0 bridgehead atoms. The molecule has 0 spiro atoms. The predicted molar refractivity (Wildman–Crippen MR) is 69.3 cm³/mol. The molecule has 0 heterocycles. The number of carboxylic acids is 1. The molecule has 0 aliphatic heterocycles. The molecule has 18 heavy (non-hydrogen) atoms. The van der Waals surface area contributed by atoms with Crippen LogP contribution in [-0.4, -0.2) is 29.6 Å². The van der Waals surface area contributed by atoms with Crippen molar-refractivity contribution in [1.82, 2.24) is 5.32 Å². The molecule has 0 saturated heterocycles. The maximum atomic E-state index is 11.9. The van der Waals surface area contributed by atoms with E-state index in [0.717, 1.165) is 5.69 Å². The molecule has 0 saturated carbocycles. The molecule has 98 valence electrons. The summed E-state index contributed by atoms with van der Waals surface area (Å²) in [6.07, 6.45) is 0. The molecule has 0 aliphatic rings. The molecule has 1 aromatic carbocycles. The van der Waals surface area contributed by atoms with Crippen molar-refractivity contribution in [2.75, 3.05) is 11.9 Å². The number of carbonyl (C=O) groups excluding carboxylic acids is 1. The van der Waals surface area contributed by atoms with Gasteiger partial charge in [0.1, 0.15) is 12.6 Å². The van der Waals surface area contributed by atoms with Crippen molar-refractivity contribution in [3.8, 4) is 0 Å². The Hall–Kier alpha value is -2.04. The van der Waals surface area contributed by atoms with Crippen LogP contribution in [0.2, 0.25) is 0 Å². The Bertz CT molecular complexity index is 404. The quantitative estimate of drug-likeness (QED) is 0.711. The Morgan fingerprint density at radius 1 is 1.22 bits per heavy atom. The van der Waals surface area contributed by atoms with Gasteiger partial charge >= 0.3 is 5.97 Å². The Labute approximate surface area is 106 Å². The van der Waals surface area contributed by atoms with Crippen molar-refractivity contribution in [3.05, 3.63) is 30.3 Å². The lowest BCUT2D eigenvalue weighted by atomic mass is 10.0. The lowest BCUT2D eigenvalue weighted by Gasteiger charge is -2.22. The molecule has 0 fully saturated rings. The smallest absolute Gasteiger partial charge is 0.322 e. The normalized spacial score (nSPS) is 11.9. The summed E-state index contributed by atoms with van der Waals surface area (Å²) in [4.78, 5) is 22.3. The van der Waals surface area contributed by atoms with Crippen LogP contribution in [0.1, 0.15) is 13.8 Å². The summed E-state index contributed by atoms with van der Waals surface area (Å²) in [5.41, 5.74) is 0.835. The van der Waals surface area contributed by atoms with E-state index < -0.39 is 12.0 Å². The zero-order chi connectivity index (χ0) is 13.5. The van der Waals surface area contributed by atoms with Gasteiger partial charge in [-0.15, -0.1) is 0 Å². The van der Waals surface area contributed by atoms with Gasteiger partial charge in [0.05, 0.1) is 0 Å². The molecule has 0 radical (unpaired) electrons. The predicted octanol–water partition coefficient (Wildman–Crippen LogP) is 1.32. The number of amides is 1. The van der Waals surface area contributed by atoms with Gasteiger partial charge in [0.15, 0.2) is 0 Å². The average Bonchev–Trinajstić information content (AvgIpc) is 2.34. The first-order valence-electron chi connectivity index (χ1n) is 5.82. The van der Waals surface area contributed by atoms with Crippen LogP contribution < -0.4 is 10.6 Å². The minimum atomic E-state index is -1.05. The Balaban J connectivity index is 2.65. The van der Waals surface area contributed by atoms with Gasteiger partial charge in [-0.1, -0.05) is 32.0 Å². The zero-order valence-electron chi connectivity index (χ0n) is 10.5. The molecule has 1 aromatic rings. The Morgan fingerprint density at radius 2 is 1.83 bits per heavy atom. The highest BCUT2D eigenvalue weighted by atomic mass is 16.4. The van der Waals surface area contributed by atoms with Crippen molar-refractivity contribution in [1.29, 1.82) is 0 Å². The first kappa shape index (κ1) is 14.0. The van der Waals surface area contributed by atoms with Crippen molar-refractivity contribution >= 4 is 17.6 Å². The van der Waals surface area contributed by atoms with E-state index in [2.05, 4.69) is 10.6 Å². The summed E-state index contributed by atoms with van der Waals surface area (Å²) in [7, 11) is 0. The van der Waals surface area contributed by atoms with E-state index in [0.29, 0.717) is 0 Å². The highest BCUT2D eigenvalue weighted by molar-refractivity contribution is 5.87. The molecule has 5 heteroatoms. The van der Waals surface area contributed by atoms with Crippen LogP contribution in [0.25, 0.3) is 0 Å². The fourth-order valence-electron chi connectivity index (χ4n) is 1.52. The van der Waals surface area contributed by atoms with Crippen molar-refractivity contribution < 1.29 is 14.7 Å². The van der Waals surface area contributed by atoms with Crippen molar-refractivity contribution in [3.63, 3.8) is 0 Å².